The van der Waals surface area contributed by atoms with E-state index in [1.807, 2.05) is 25.4 Å². The van der Waals surface area contributed by atoms with Gasteiger partial charge in [0.05, 0.1) is 44.4 Å². The molecular formula is C21H25FN8O3S. The first-order valence-corrected chi connectivity index (χ1v) is 11.6. The lowest BCUT2D eigenvalue weighted by molar-refractivity contribution is 0.325. The molecule has 11 nitrogen and oxygen atoms in total. The number of benzene rings is 1. The lowest BCUT2D eigenvalue weighted by atomic mass is 10.2. The largest absolute Gasteiger partial charge is 0.593 e. The number of nitrogens with one attached hydrogen (secondary N) is 2. The van der Waals surface area contributed by atoms with Gasteiger partial charge in [-0.3, -0.25) is 4.57 Å². The monoisotopic (exact) mass is 488 g/mol. The third kappa shape index (κ3) is 4.90. The highest BCUT2D eigenvalue weighted by Gasteiger charge is 2.30. The fraction of sp³-hybridized carbons (Fsp3) is 0.333. The minimum atomic E-state index is -1.60. The number of hydrogen-bond donors (Lipinski definition) is 2. The molecule has 0 radical (unpaired) electrons. The fourth-order valence-corrected chi connectivity index (χ4v) is 4.28. The average Bonchev–Trinajstić information content (AvgIpc) is 3.45. The molecule has 1 aliphatic heterocycles. The molecule has 180 valence electrons. The second-order valence-corrected chi connectivity index (χ2v) is 9.12. The number of aromatic nitrogens is 5. The summed E-state index contributed by atoms with van der Waals surface area (Å²) >= 11 is -1.60. The van der Waals surface area contributed by atoms with Crippen molar-refractivity contribution in [2.45, 2.75) is 24.6 Å². The number of rotatable bonds is 9. The lowest BCUT2D eigenvalue weighted by Crippen LogP contribution is -2.30. The van der Waals surface area contributed by atoms with Crippen molar-refractivity contribution in [1.82, 2.24) is 35.2 Å². The lowest BCUT2D eigenvalue weighted by Gasteiger charge is -2.21. The van der Waals surface area contributed by atoms with Gasteiger partial charge in [0.2, 0.25) is 0 Å². The topological polar surface area (TPSA) is 125 Å². The summed E-state index contributed by atoms with van der Waals surface area (Å²) in [5.74, 6) is 1.70. The molecule has 1 aliphatic rings. The molecule has 0 aliphatic carbocycles. The van der Waals surface area contributed by atoms with Crippen LogP contribution < -0.4 is 19.6 Å². The van der Waals surface area contributed by atoms with Crippen LogP contribution in [0.15, 0.2) is 42.9 Å². The minimum absolute atomic E-state index is 0.243. The van der Waals surface area contributed by atoms with E-state index >= 15 is 0 Å². The highest BCUT2D eigenvalue weighted by atomic mass is 32.2. The van der Waals surface area contributed by atoms with Crippen LogP contribution in [0.4, 0.5) is 10.3 Å². The van der Waals surface area contributed by atoms with Gasteiger partial charge in [-0.1, -0.05) is 6.07 Å². The third-order valence-electron chi connectivity index (χ3n) is 5.14. The summed E-state index contributed by atoms with van der Waals surface area (Å²) in [6, 6.07) is 5.10. The van der Waals surface area contributed by atoms with Crippen molar-refractivity contribution in [2.24, 2.45) is 0 Å². The molecule has 3 atom stereocenters. The maximum atomic E-state index is 13.1. The predicted octanol–water partition coefficient (Wildman–Crippen LogP) is 1.93. The number of methoxy groups -OCH3 is 2. The SMILES string of the molecule is COc1cccc(OC)c1-n1c(N[S+]([O-])C(C)Cc2ncc(F)cn2)nnc1C1C=CN(C)N1. The van der Waals surface area contributed by atoms with Crippen LogP contribution in [0.25, 0.3) is 5.69 Å². The van der Waals surface area contributed by atoms with Crippen LogP contribution in [-0.4, -0.2) is 60.8 Å². The molecule has 2 aromatic heterocycles. The van der Waals surface area contributed by atoms with E-state index in [1.165, 1.54) is 0 Å². The zero-order chi connectivity index (χ0) is 24.2. The van der Waals surface area contributed by atoms with E-state index in [1.54, 1.807) is 42.9 Å². The van der Waals surface area contributed by atoms with Gasteiger partial charge >= 0.3 is 0 Å². The summed E-state index contributed by atoms with van der Waals surface area (Å²) in [5.41, 5.74) is 3.81. The summed E-state index contributed by atoms with van der Waals surface area (Å²) in [4.78, 5) is 7.89. The van der Waals surface area contributed by atoms with Crippen LogP contribution in [-0.2, 0) is 17.8 Å². The first-order valence-electron chi connectivity index (χ1n) is 10.4. The van der Waals surface area contributed by atoms with Crippen molar-refractivity contribution in [2.75, 3.05) is 26.0 Å². The van der Waals surface area contributed by atoms with Crippen LogP contribution in [0.1, 0.15) is 24.6 Å². The van der Waals surface area contributed by atoms with Crippen molar-refractivity contribution in [1.29, 1.82) is 0 Å². The fourth-order valence-electron chi connectivity index (χ4n) is 3.47. The molecule has 0 spiro atoms. The van der Waals surface area contributed by atoms with Gasteiger partial charge in [0, 0.05) is 13.2 Å². The maximum absolute atomic E-state index is 13.1. The van der Waals surface area contributed by atoms with Crippen molar-refractivity contribution in [3.8, 4) is 17.2 Å². The van der Waals surface area contributed by atoms with E-state index in [-0.39, 0.29) is 18.4 Å². The molecule has 0 saturated carbocycles. The molecule has 3 unspecified atom stereocenters. The van der Waals surface area contributed by atoms with E-state index in [0.29, 0.717) is 28.8 Å². The van der Waals surface area contributed by atoms with Gasteiger partial charge in [0.25, 0.3) is 5.95 Å². The highest BCUT2D eigenvalue weighted by molar-refractivity contribution is 7.93. The van der Waals surface area contributed by atoms with Gasteiger partial charge in [-0.2, -0.15) is 4.72 Å². The smallest absolute Gasteiger partial charge is 0.271 e. The second kappa shape index (κ2) is 10.2. The Hall–Kier alpha value is -3.42. The van der Waals surface area contributed by atoms with Gasteiger partial charge in [0.15, 0.2) is 11.6 Å². The van der Waals surface area contributed by atoms with Crippen molar-refractivity contribution in [3.05, 3.63) is 60.3 Å². The molecule has 2 N–H and O–H groups in total. The maximum Gasteiger partial charge on any atom is 0.271 e. The van der Waals surface area contributed by atoms with Gasteiger partial charge < -0.3 is 19.0 Å². The molecule has 1 aromatic carbocycles. The first-order chi connectivity index (χ1) is 16.4. The Kier molecular flexibility index (Phi) is 7.14. The number of nitrogens with zero attached hydrogens (tertiary/aromatic N) is 6. The average molecular weight is 489 g/mol. The summed E-state index contributed by atoms with van der Waals surface area (Å²) in [6.45, 7) is 1.78. The Labute approximate surface area is 199 Å². The van der Waals surface area contributed by atoms with E-state index in [2.05, 4.69) is 30.3 Å². The standard InChI is InChI=1S/C21H25FN8O3S/c1-13(10-18-23-11-14(22)12-24-18)34(31)28-21-26-25-20(15-8-9-29(2)27-15)30(21)19-16(32-3)6-5-7-17(19)33-4/h5-9,11-13,15,27H,10H2,1-4H3,(H,26,28). The Morgan fingerprint density at radius 2 is 1.88 bits per heavy atom. The predicted molar refractivity (Wildman–Crippen MR) is 124 cm³/mol. The molecule has 0 saturated heterocycles. The number of anilines is 1. The van der Waals surface area contributed by atoms with Crippen LogP contribution in [0.5, 0.6) is 11.5 Å². The minimum Gasteiger partial charge on any atom is -0.593 e. The van der Waals surface area contributed by atoms with Crippen molar-refractivity contribution in [3.63, 3.8) is 0 Å². The van der Waals surface area contributed by atoms with E-state index in [4.69, 9.17) is 9.47 Å². The summed E-state index contributed by atoms with van der Waals surface area (Å²) in [7, 11) is 4.98. The molecule has 4 rings (SSSR count). The zero-order valence-electron chi connectivity index (χ0n) is 19.1. The number of para-hydroxylation sites is 1. The zero-order valence-corrected chi connectivity index (χ0v) is 19.9. The van der Waals surface area contributed by atoms with E-state index in [9.17, 15) is 8.94 Å². The van der Waals surface area contributed by atoms with E-state index in [0.717, 1.165) is 12.4 Å². The number of ether oxygens (including phenoxy) is 2. The number of hydrazine groups is 1. The van der Waals surface area contributed by atoms with Gasteiger partial charge in [-0.15, -0.1) is 10.2 Å². The first kappa shape index (κ1) is 23.7. The van der Waals surface area contributed by atoms with Crippen LogP contribution >= 0.6 is 0 Å². The Morgan fingerprint density at radius 1 is 1.21 bits per heavy atom. The van der Waals surface area contributed by atoms with E-state index < -0.39 is 22.4 Å². The molecule has 0 amide bonds. The van der Waals surface area contributed by atoms with Crippen LogP contribution in [0.3, 0.4) is 0 Å². The summed E-state index contributed by atoms with van der Waals surface area (Å²) in [5, 5.41) is 10.0. The van der Waals surface area contributed by atoms with Crippen molar-refractivity contribution >= 4 is 17.3 Å². The van der Waals surface area contributed by atoms with Crippen LogP contribution in [0.2, 0.25) is 0 Å². The normalized spacial score (nSPS) is 17.0. The molecule has 3 aromatic rings. The quantitative estimate of drug-likeness (QED) is 0.432. The van der Waals surface area contributed by atoms with Crippen molar-refractivity contribution < 1.29 is 18.4 Å². The molecule has 13 heteroatoms. The molecule has 3 heterocycles. The number of halogens is 1. The Bertz CT molecular complexity index is 1140. The van der Waals surface area contributed by atoms with Crippen LogP contribution in [0, 0.1) is 5.82 Å². The molecule has 0 fully saturated rings. The Balaban J connectivity index is 1.69. The van der Waals surface area contributed by atoms with Gasteiger partial charge in [0.1, 0.15) is 34.3 Å². The molecule has 34 heavy (non-hydrogen) atoms. The highest BCUT2D eigenvalue weighted by Crippen LogP contribution is 2.37. The number of hydrogen-bond acceptors (Lipinski definition) is 10. The summed E-state index contributed by atoms with van der Waals surface area (Å²) in [6.07, 6.45) is 6.25. The Morgan fingerprint density at radius 3 is 2.47 bits per heavy atom. The second-order valence-electron chi connectivity index (χ2n) is 7.52. The third-order valence-corrected chi connectivity index (χ3v) is 6.42. The van der Waals surface area contributed by atoms with Gasteiger partial charge in [-0.25, -0.2) is 19.8 Å². The molecule has 0 bridgehead atoms. The summed E-state index contributed by atoms with van der Waals surface area (Å²) < 4.78 is 42.1. The molecular weight excluding hydrogens is 463 g/mol. The van der Waals surface area contributed by atoms with Gasteiger partial charge in [-0.05, 0) is 25.1 Å².